The van der Waals surface area contributed by atoms with Crippen LogP contribution in [0.15, 0.2) is 186 Å². The Morgan fingerprint density at radius 1 is 0.294 bits per heavy atom. The van der Waals surface area contributed by atoms with Gasteiger partial charge in [0.2, 0.25) is 0 Å². The Bertz CT molecular complexity index is 3130. The normalized spacial score (nSPS) is 11.9. The second-order valence-electron chi connectivity index (χ2n) is 13.3. The van der Waals surface area contributed by atoms with E-state index < -0.39 is 0 Å². The van der Waals surface area contributed by atoms with Crippen LogP contribution in [0.5, 0.6) is 0 Å². The summed E-state index contributed by atoms with van der Waals surface area (Å²) < 4.78 is 11.0. The van der Waals surface area contributed by atoms with Crippen LogP contribution in [-0.2, 0) is 0 Å². The molecule has 0 fully saturated rings. The summed E-state index contributed by atoms with van der Waals surface area (Å²) in [5, 5.41) is 7.21. The minimum absolute atomic E-state index is 0.903. The maximum Gasteiger partial charge on any atom is 0.135 e. The number of benzene rings is 8. The Kier molecular flexibility index (Phi) is 5.96. The van der Waals surface area contributed by atoms with Crippen molar-refractivity contribution < 1.29 is 4.42 Å². The highest BCUT2D eigenvalue weighted by Crippen LogP contribution is 2.43. The van der Waals surface area contributed by atoms with Crippen LogP contribution in [-0.4, -0.2) is 9.13 Å². The summed E-state index contributed by atoms with van der Waals surface area (Å²) in [6, 6.07) is 65.6. The topological polar surface area (TPSA) is 23.0 Å². The molecule has 0 amide bonds. The molecule has 0 saturated heterocycles. The zero-order chi connectivity index (χ0) is 33.5. The van der Waals surface area contributed by atoms with Crippen molar-refractivity contribution in [2.75, 3.05) is 0 Å². The van der Waals surface area contributed by atoms with Gasteiger partial charge in [-0.15, -0.1) is 0 Å². The van der Waals surface area contributed by atoms with E-state index in [-0.39, 0.29) is 0 Å². The first kappa shape index (κ1) is 28.0. The predicted octanol–water partition coefficient (Wildman–Crippen LogP) is 13.1. The second-order valence-corrected chi connectivity index (χ2v) is 13.3. The van der Waals surface area contributed by atoms with Crippen LogP contribution in [0.25, 0.3) is 99.2 Å². The molecule has 0 aliphatic carbocycles. The lowest BCUT2D eigenvalue weighted by molar-refractivity contribution is 0.669. The van der Waals surface area contributed by atoms with Gasteiger partial charge in [-0.3, -0.25) is 0 Å². The van der Waals surface area contributed by atoms with Gasteiger partial charge in [-0.2, -0.15) is 0 Å². The molecule has 0 N–H and O–H groups in total. The summed E-state index contributed by atoms with van der Waals surface area (Å²) in [7, 11) is 0. The van der Waals surface area contributed by atoms with Crippen LogP contribution in [0.3, 0.4) is 0 Å². The molecule has 3 aromatic heterocycles. The summed E-state index contributed by atoms with van der Waals surface area (Å²) >= 11 is 0. The summed E-state index contributed by atoms with van der Waals surface area (Å²) in [5.74, 6) is 0. The van der Waals surface area contributed by atoms with E-state index in [9.17, 15) is 0 Å². The Hall–Kier alpha value is -6.84. The number of hydrogen-bond acceptors (Lipinski definition) is 1. The Labute approximate surface area is 293 Å². The van der Waals surface area contributed by atoms with Crippen molar-refractivity contribution in [3.05, 3.63) is 182 Å². The first-order chi connectivity index (χ1) is 25.3. The summed E-state index contributed by atoms with van der Waals surface area (Å²) in [4.78, 5) is 0. The van der Waals surface area contributed by atoms with Crippen molar-refractivity contribution >= 4 is 65.6 Å². The monoisotopic (exact) mass is 650 g/mol. The number of rotatable bonds is 4. The highest BCUT2D eigenvalue weighted by atomic mass is 16.3. The first-order valence-corrected chi connectivity index (χ1v) is 17.4. The van der Waals surface area contributed by atoms with Gasteiger partial charge >= 0.3 is 0 Å². The molecule has 3 heterocycles. The number of fused-ring (bicyclic) bond motifs is 9. The van der Waals surface area contributed by atoms with E-state index >= 15 is 0 Å². The van der Waals surface area contributed by atoms with Gasteiger partial charge in [-0.05, 0) is 95.1 Å². The molecule has 11 rings (SSSR count). The van der Waals surface area contributed by atoms with Gasteiger partial charge in [0.05, 0.1) is 22.1 Å². The van der Waals surface area contributed by atoms with Crippen LogP contribution >= 0.6 is 0 Å². The summed E-state index contributed by atoms with van der Waals surface area (Å²) in [6.45, 7) is 0. The van der Waals surface area contributed by atoms with Crippen LogP contribution in [0.4, 0.5) is 0 Å². The Balaban J connectivity index is 1.19. The van der Waals surface area contributed by atoms with Crippen molar-refractivity contribution in [2.24, 2.45) is 0 Å². The zero-order valence-electron chi connectivity index (χ0n) is 27.6. The fourth-order valence-corrected chi connectivity index (χ4v) is 8.24. The van der Waals surface area contributed by atoms with Crippen LogP contribution in [0, 0.1) is 0 Å². The molecule has 0 bridgehead atoms. The van der Waals surface area contributed by atoms with Gasteiger partial charge in [-0.25, -0.2) is 0 Å². The van der Waals surface area contributed by atoms with Gasteiger partial charge in [-0.1, -0.05) is 109 Å². The molecule has 0 radical (unpaired) electrons. The molecule has 238 valence electrons. The first-order valence-electron chi connectivity index (χ1n) is 17.4. The molecular weight excluding hydrogens is 621 g/mol. The highest BCUT2D eigenvalue weighted by Gasteiger charge is 2.19. The maximum atomic E-state index is 6.19. The molecule has 0 aliphatic heterocycles. The van der Waals surface area contributed by atoms with Crippen LogP contribution in [0.1, 0.15) is 0 Å². The van der Waals surface area contributed by atoms with E-state index in [2.05, 4.69) is 179 Å². The van der Waals surface area contributed by atoms with Crippen molar-refractivity contribution in [1.82, 2.24) is 9.13 Å². The standard InChI is InChI=1S/C48H30N2O/c1-3-13-31(14-4-1)38-29-41-36-18-8-10-20-43(36)49(33-15-5-2-6-16-33)46(41)30-39(38)32-23-25-45-40(27-32)35-17-7-11-21-44(35)50(45)34-24-26-48-42(28-34)37-19-9-12-22-47(37)51-48/h1-30H. The SMILES string of the molecule is c1ccc(-c2cc3c4ccccc4n(-c4ccccc4)c3cc2-c2ccc3c(c2)c2ccccc2n3-c2ccc3oc4ccccc4c3c2)cc1. The maximum absolute atomic E-state index is 6.19. The van der Waals surface area contributed by atoms with Gasteiger partial charge < -0.3 is 13.6 Å². The molecule has 0 aliphatic rings. The third-order valence-corrected chi connectivity index (χ3v) is 10.5. The number of furan rings is 1. The Morgan fingerprint density at radius 2 is 0.863 bits per heavy atom. The fraction of sp³-hybridized carbons (Fsp3) is 0. The minimum atomic E-state index is 0.903. The van der Waals surface area contributed by atoms with Gasteiger partial charge in [0.25, 0.3) is 0 Å². The number of aromatic nitrogens is 2. The molecule has 11 aromatic rings. The molecule has 3 nitrogen and oxygen atoms in total. The molecule has 0 spiro atoms. The smallest absolute Gasteiger partial charge is 0.135 e. The van der Waals surface area contributed by atoms with Crippen molar-refractivity contribution in [2.45, 2.75) is 0 Å². The van der Waals surface area contributed by atoms with E-state index in [4.69, 9.17) is 4.42 Å². The van der Waals surface area contributed by atoms with E-state index in [1.807, 2.05) is 12.1 Å². The largest absolute Gasteiger partial charge is 0.456 e. The molecule has 0 saturated carbocycles. The van der Waals surface area contributed by atoms with Gasteiger partial charge in [0, 0.05) is 43.7 Å². The van der Waals surface area contributed by atoms with E-state index in [0.29, 0.717) is 0 Å². The van der Waals surface area contributed by atoms with E-state index in [1.165, 1.54) is 65.9 Å². The summed E-state index contributed by atoms with van der Waals surface area (Å²) in [5.41, 5.74) is 13.7. The average molecular weight is 651 g/mol. The van der Waals surface area contributed by atoms with E-state index in [1.54, 1.807) is 0 Å². The predicted molar refractivity (Wildman–Crippen MR) is 213 cm³/mol. The molecule has 0 atom stereocenters. The third kappa shape index (κ3) is 4.19. The van der Waals surface area contributed by atoms with Crippen molar-refractivity contribution in [1.29, 1.82) is 0 Å². The third-order valence-electron chi connectivity index (χ3n) is 10.5. The quantitative estimate of drug-likeness (QED) is 0.186. The van der Waals surface area contributed by atoms with Gasteiger partial charge in [0.1, 0.15) is 11.2 Å². The Morgan fingerprint density at radius 3 is 1.63 bits per heavy atom. The fourth-order valence-electron chi connectivity index (χ4n) is 8.24. The van der Waals surface area contributed by atoms with Gasteiger partial charge in [0.15, 0.2) is 0 Å². The van der Waals surface area contributed by atoms with Crippen LogP contribution in [0.2, 0.25) is 0 Å². The molecule has 51 heavy (non-hydrogen) atoms. The number of para-hydroxylation sites is 4. The lowest BCUT2D eigenvalue weighted by Crippen LogP contribution is -1.95. The number of nitrogens with zero attached hydrogens (tertiary/aromatic N) is 2. The molecular formula is C48H30N2O. The second kappa shape index (κ2) is 10.8. The van der Waals surface area contributed by atoms with E-state index in [0.717, 1.165) is 33.3 Å². The zero-order valence-corrected chi connectivity index (χ0v) is 27.6. The average Bonchev–Trinajstić information content (AvgIpc) is 3.85. The number of hydrogen-bond donors (Lipinski definition) is 0. The molecule has 8 aromatic carbocycles. The van der Waals surface area contributed by atoms with Crippen molar-refractivity contribution in [3.8, 4) is 33.6 Å². The lowest BCUT2D eigenvalue weighted by atomic mass is 9.92. The summed E-state index contributed by atoms with van der Waals surface area (Å²) in [6.07, 6.45) is 0. The highest BCUT2D eigenvalue weighted by molar-refractivity contribution is 6.15. The lowest BCUT2D eigenvalue weighted by Gasteiger charge is -2.14. The minimum Gasteiger partial charge on any atom is -0.456 e. The molecule has 0 unspecified atom stereocenters. The van der Waals surface area contributed by atoms with Crippen LogP contribution < -0.4 is 0 Å². The van der Waals surface area contributed by atoms with Crippen molar-refractivity contribution in [3.63, 3.8) is 0 Å². The molecule has 3 heteroatoms.